The summed E-state index contributed by atoms with van der Waals surface area (Å²) >= 11 is 0. The van der Waals surface area contributed by atoms with Crippen molar-refractivity contribution in [3.63, 3.8) is 0 Å². The van der Waals surface area contributed by atoms with Gasteiger partial charge in [-0.25, -0.2) is 8.42 Å². The molecule has 0 unspecified atom stereocenters. The molecule has 0 aliphatic carbocycles. The normalized spacial score (nSPS) is 11.6. The van der Waals surface area contributed by atoms with Crippen LogP contribution in [0, 0.1) is 0 Å². The molecule has 0 spiro atoms. The molecule has 2 rings (SSSR count). The second kappa shape index (κ2) is 9.86. The molecule has 0 aromatic heterocycles. The van der Waals surface area contributed by atoms with Crippen LogP contribution in [0.4, 0.5) is 20.2 Å². The Labute approximate surface area is 175 Å². The van der Waals surface area contributed by atoms with Crippen LogP contribution in [0.5, 0.6) is 5.75 Å². The summed E-state index contributed by atoms with van der Waals surface area (Å²) in [5.41, 5.74) is 1.13. The van der Waals surface area contributed by atoms with E-state index in [1.807, 2.05) is 0 Å². The van der Waals surface area contributed by atoms with Gasteiger partial charge in [-0.3, -0.25) is 4.79 Å². The molecule has 7 nitrogen and oxygen atoms in total. The van der Waals surface area contributed by atoms with Gasteiger partial charge in [0.2, 0.25) is 10.0 Å². The van der Waals surface area contributed by atoms with E-state index in [9.17, 15) is 22.0 Å². The lowest BCUT2D eigenvalue weighted by molar-refractivity contribution is -0.0498. The third-order valence-corrected chi connectivity index (χ3v) is 6.43. The van der Waals surface area contributed by atoms with Gasteiger partial charge in [-0.05, 0) is 42.5 Å². The molecular formula is C20H25F2N3O4S. The van der Waals surface area contributed by atoms with Gasteiger partial charge in [-0.15, -0.1) is 0 Å². The zero-order chi connectivity index (χ0) is 22.5. The van der Waals surface area contributed by atoms with Gasteiger partial charge >= 0.3 is 6.61 Å². The molecule has 0 aliphatic heterocycles. The van der Waals surface area contributed by atoms with Crippen molar-refractivity contribution in [3.05, 3.63) is 48.0 Å². The molecule has 30 heavy (non-hydrogen) atoms. The standard InChI is InChI=1S/C20H25F2N3O4S/c1-5-25(6-2)30(27,28)16-11-12-18(24(3)4)17(13-16)23-19(26)14-7-9-15(10-8-14)29-20(21)22/h7-13,20H,5-6H2,1-4H3,(H,23,26). The number of carbonyl (C=O) groups is 1. The molecule has 0 saturated heterocycles. The summed E-state index contributed by atoms with van der Waals surface area (Å²) in [5, 5.41) is 2.70. The average molecular weight is 442 g/mol. The second-order valence-corrected chi connectivity index (χ2v) is 8.46. The molecule has 1 amide bonds. The summed E-state index contributed by atoms with van der Waals surface area (Å²) in [7, 11) is -0.180. The first-order chi connectivity index (χ1) is 14.1. The SMILES string of the molecule is CCN(CC)S(=O)(=O)c1ccc(N(C)C)c(NC(=O)c2ccc(OC(F)F)cc2)c1. The number of halogens is 2. The van der Waals surface area contributed by atoms with Crippen LogP contribution in [-0.4, -0.2) is 52.4 Å². The number of alkyl halides is 2. The minimum Gasteiger partial charge on any atom is -0.435 e. The fourth-order valence-electron chi connectivity index (χ4n) is 2.86. The molecule has 0 radical (unpaired) electrons. The molecule has 0 atom stereocenters. The Hall–Kier alpha value is -2.72. The van der Waals surface area contributed by atoms with Gasteiger partial charge in [-0.2, -0.15) is 13.1 Å². The van der Waals surface area contributed by atoms with Crippen LogP contribution in [0.1, 0.15) is 24.2 Å². The summed E-state index contributed by atoms with van der Waals surface area (Å²) in [5.74, 6) is -0.582. The van der Waals surface area contributed by atoms with Crippen molar-refractivity contribution >= 4 is 27.3 Å². The molecule has 2 aromatic rings. The minimum absolute atomic E-state index is 0.0628. The van der Waals surface area contributed by atoms with Gasteiger partial charge in [0.15, 0.2) is 0 Å². The lowest BCUT2D eigenvalue weighted by Gasteiger charge is -2.22. The van der Waals surface area contributed by atoms with E-state index >= 15 is 0 Å². The van der Waals surface area contributed by atoms with E-state index in [4.69, 9.17) is 0 Å². The van der Waals surface area contributed by atoms with Crippen LogP contribution in [-0.2, 0) is 10.0 Å². The molecule has 1 N–H and O–H groups in total. The van der Waals surface area contributed by atoms with Crippen LogP contribution in [0.25, 0.3) is 0 Å². The summed E-state index contributed by atoms with van der Waals surface area (Å²) in [6.07, 6.45) is 0. The average Bonchev–Trinajstić information content (AvgIpc) is 2.68. The van der Waals surface area contributed by atoms with Crippen molar-refractivity contribution in [2.45, 2.75) is 25.4 Å². The number of carbonyl (C=O) groups excluding carboxylic acids is 1. The highest BCUT2D eigenvalue weighted by atomic mass is 32.2. The first kappa shape index (κ1) is 23.6. The number of amides is 1. The predicted octanol–water partition coefficient (Wildman–Crippen LogP) is 3.64. The number of anilines is 2. The Morgan fingerprint density at radius 2 is 1.67 bits per heavy atom. The number of hydrogen-bond acceptors (Lipinski definition) is 5. The Bertz CT molecular complexity index is 976. The molecule has 10 heteroatoms. The van der Waals surface area contributed by atoms with E-state index in [1.165, 1.54) is 40.7 Å². The van der Waals surface area contributed by atoms with E-state index < -0.39 is 22.5 Å². The van der Waals surface area contributed by atoms with E-state index in [1.54, 1.807) is 38.9 Å². The molecule has 0 saturated carbocycles. The topological polar surface area (TPSA) is 79.0 Å². The Morgan fingerprint density at radius 1 is 1.07 bits per heavy atom. The van der Waals surface area contributed by atoms with Gasteiger partial charge < -0.3 is 15.0 Å². The maximum absolute atomic E-state index is 12.8. The number of hydrogen-bond donors (Lipinski definition) is 1. The molecule has 164 valence electrons. The quantitative estimate of drug-likeness (QED) is 0.643. The van der Waals surface area contributed by atoms with E-state index in [0.29, 0.717) is 24.5 Å². The lowest BCUT2D eigenvalue weighted by Crippen LogP contribution is -2.30. The van der Waals surface area contributed by atoms with E-state index in [0.717, 1.165) is 0 Å². The van der Waals surface area contributed by atoms with E-state index in [2.05, 4.69) is 10.1 Å². The zero-order valence-corrected chi connectivity index (χ0v) is 18.0. The molecule has 0 aliphatic rings. The van der Waals surface area contributed by atoms with Crippen molar-refractivity contribution in [2.75, 3.05) is 37.4 Å². The van der Waals surface area contributed by atoms with Crippen molar-refractivity contribution < 1.29 is 26.7 Å². The smallest absolute Gasteiger partial charge is 0.387 e. The second-order valence-electron chi connectivity index (χ2n) is 6.52. The molecule has 0 bridgehead atoms. The van der Waals surface area contributed by atoms with Gasteiger partial charge in [0, 0.05) is 32.7 Å². The van der Waals surface area contributed by atoms with E-state index in [-0.39, 0.29) is 16.2 Å². The zero-order valence-electron chi connectivity index (χ0n) is 17.2. The minimum atomic E-state index is -3.71. The fourth-order valence-corrected chi connectivity index (χ4v) is 4.35. The molecule has 0 heterocycles. The van der Waals surface area contributed by atoms with Crippen LogP contribution in [0.3, 0.4) is 0 Å². The largest absolute Gasteiger partial charge is 0.435 e. The van der Waals surface area contributed by atoms with Crippen molar-refractivity contribution in [3.8, 4) is 5.75 Å². The number of ether oxygens (including phenoxy) is 1. The van der Waals surface area contributed by atoms with Crippen molar-refractivity contribution in [2.24, 2.45) is 0 Å². The molecule has 0 fully saturated rings. The Kier molecular flexibility index (Phi) is 7.74. The van der Waals surface area contributed by atoms with Crippen LogP contribution < -0.4 is 15.0 Å². The van der Waals surface area contributed by atoms with Crippen molar-refractivity contribution in [1.82, 2.24) is 4.31 Å². The van der Waals surface area contributed by atoms with Gasteiger partial charge in [0.25, 0.3) is 5.91 Å². The lowest BCUT2D eigenvalue weighted by atomic mass is 10.2. The first-order valence-corrected chi connectivity index (χ1v) is 10.7. The summed E-state index contributed by atoms with van der Waals surface area (Å²) in [4.78, 5) is 14.5. The monoisotopic (exact) mass is 441 g/mol. The number of benzene rings is 2. The first-order valence-electron chi connectivity index (χ1n) is 9.27. The third-order valence-electron chi connectivity index (χ3n) is 4.38. The van der Waals surface area contributed by atoms with Crippen LogP contribution in [0.15, 0.2) is 47.4 Å². The van der Waals surface area contributed by atoms with Crippen LogP contribution in [0.2, 0.25) is 0 Å². The summed E-state index contributed by atoms with van der Waals surface area (Å²) in [6.45, 7) is 1.19. The number of sulfonamides is 1. The van der Waals surface area contributed by atoms with Gasteiger partial charge in [-0.1, -0.05) is 13.8 Å². The summed E-state index contributed by atoms with van der Waals surface area (Å²) < 4.78 is 55.8. The maximum Gasteiger partial charge on any atom is 0.387 e. The van der Waals surface area contributed by atoms with Crippen molar-refractivity contribution in [1.29, 1.82) is 0 Å². The number of nitrogens with one attached hydrogen (secondary N) is 1. The highest BCUT2D eigenvalue weighted by Crippen LogP contribution is 2.29. The molecule has 2 aromatic carbocycles. The van der Waals surface area contributed by atoms with Gasteiger partial charge in [0.1, 0.15) is 5.75 Å². The number of nitrogens with zero attached hydrogens (tertiary/aromatic N) is 2. The number of rotatable bonds is 9. The third kappa shape index (κ3) is 5.45. The fraction of sp³-hybridized carbons (Fsp3) is 0.350. The highest BCUT2D eigenvalue weighted by Gasteiger charge is 2.23. The Balaban J connectivity index is 2.36. The predicted molar refractivity (Wildman–Crippen MR) is 112 cm³/mol. The summed E-state index contributed by atoms with van der Waals surface area (Å²) in [6, 6.07) is 9.73. The highest BCUT2D eigenvalue weighted by molar-refractivity contribution is 7.89. The van der Waals surface area contributed by atoms with Crippen LogP contribution >= 0.6 is 0 Å². The maximum atomic E-state index is 12.8. The van der Waals surface area contributed by atoms with Gasteiger partial charge in [0.05, 0.1) is 16.3 Å². The molecular weight excluding hydrogens is 416 g/mol. The Morgan fingerprint density at radius 3 is 2.17 bits per heavy atom.